The molecule has 70 valence electrons. The number of hydrogen-bond donors (Lipinski definition) is 0. The molecular formula is C10H18O2. The van der Waals surface area contributed by atoms with E-state index in [-0.39, 0.29) is 5.78 Å². The summed E-state index contributed by atoms with van der Waals surface area (Å²) in [5.74, 6) is 0.747. The molecule has 1 aliphatic carbocycles. The van der Waals surface area contributed by atoms with Gasteiger partial charge in [-0.25, -0.2) is 0 Å². The third-order valence-corrected chi connectivity index (χ3v) is 2.68. The Balaban J connectivity index is 2.63. The zero-order chi connectivity index (χ0) is 9.19. The van der Waals surface area contributed by atoms with Gasteiger partial charge in [0, 0.05) is 13.0 Å². The molecule has 0 aromatic heterocycles. The molecule has 0 aromatic rings. The van der Waals surface area contributed by atoms with Crippen molar-refractivity contribution in [1.82, 2.24) is 0 Å². The molecule has 1 atom stereocenters. The van der Waals surface area contributed by atoms with E-state index in [2.05, 4.69) is 0 Å². The van der Waals surface area contributed by atoms with Gasteiger partial charge in [0.2, 0.25) is 0 Å². The van der Waals surface area contributed by atoms with Gasteiger partial charge in [-0.3, -0.25) is 4.79 Å². The highest BCUT2D eigenvalue weighted by Crippen LogP contribution is 2.42. The highest BCUT2D eigenvalue weighted by atomic mass is 16.5. The van der Waals surface area contributed by atoms with E-state index in [0.717, 1.165) is 12.8 Å². The molecular weight excluding hydrogens is 152 g/mol. The van der Waals surface area contributed by atoms with E-state index < -0.39 is 5.60 Å². The smallest absolute Gasteiger partial charge is 0.164 e. The van der Waals surface area contributed by atoms with E-state index in [1.165, 1.54) is 0 Å². The van der Waals surface area contributed by atoms with Crippen LogP contribution in [0.4, 0.5) is 0 Å². The monoisotopic (exact) mass is 170 g/mol. The lowest BCUT2D eigenvalue weighted by atomic mass is 9.93. The maximum Gasteiger partial charge on any atom is 0.164 e. The van der Waals surface area contributed by atoms with Crippen molar-refractivity contribution in [1.29, 1.82) is 0 Å². The molecule has 1 aliphatic rings. The van der Waals surface area contributed by atoms with Gasteiger partial charge in [-0.1, -0.05) is 6.92 Å². The Kier molecular flexibility index (Phi) is 2.89. The second-order valence-electron chi connectivity index (χ2n) is 3.59. The molecule has 0 bridgehead atoms. The fraction of sp³-hybridized carbons (Fsp3) is 0.900. The van der Waals surface area contributed by atoms with Crippen molar-refractivity contribution in [3.05, 3.63) is 0 Å². The first-order chi connectivity index (χ1) is 5.65. The highest BCUT2D eigenvalue weighted by Gasteiger charge is 2.46. The summed E-state index contributed by atoms with van der Waals surface area (Å²) in [6.45, 7) is 6.43. The Morgan fingerprint density at radius 3 is 2.42 bits per heavy atom. The first-order valence-corrected chi connectivity index (χ1v) is 4.82. The Bertz CT molecular complexity index is 173. The Hall–Kier alpha value is -0.370. The highest BCUT2D eigenvalue weighted by molar-refractivity contribution is 5.87. The van der Waals surface area contributed by atoms with E-state index in [1.54, 1.807) is 0 Å². The maximum atomic E-state index is 11.6. The first-order valence-electron chi connectivity index (χ1n) is 4.82. The van der Waals surface area contributed by atoms with Crippen LogP contribution in [0.1, 0.15) is 40.0 Å². The minimum atomic E-state index is -0.469. The van der Waals surface area contributed by atoms with E-state index >= 15 is 0 Å². The summed E-state index contributed by atoms with van der Waals surface area (Å²) in [4.78, 5) is 11.6. The number of ketones is 1. The third kappa shape index (κ3) is 1.69. The molecule has 0 spiro atoms. The molecule has 2 nitrogen and oxygen atoms in total. The second-order valence-corrected chi connectivity index (χ2v) is 3.59. The molecule has 0 aromatic carbocycles. The Labute approximate surface area is 74.3 Å². The van der Waals surface area contributed by atoms with Crippen LogP contribution in [0.15, 0.2) is 0 Å². The second kappa shape index (κ2) is 3.56. The molecule has 0 saturated heterocycles. The normalized spacial score (nSPS) is 21.9. The zero-order valence-corrected chi connectivity index (χ0v) is 8.22. The van der Waals surface area contributed by atoms with Crippen molar-refractivity contribution in [2.24, 2.45) is 5.92 Å². The van der Waals surface area contributed by atoms with Gasteiger partial charge in [0.1, 0.15) is 5.60 Å². The van der Waals surface area contributed by atoms with Gasteiger partial charge in [-0.05, 0) is 32.6 Å². The van der Waals surface area contributed by atoms with Crippen LogP contribution in [0.2, 0.25) is 0 Å². The van der Waals surface area contributed by atoms with Crippen LogP contribution in [0, 0.1) is 5.92 Å². The summed E-state index contributed by atoms with van der Waals surface area (Å²) >= 11 is 0. The first kappa shape index (κ1) is 9.72. The molecule has 1 saturated carbocycles. The van der Waals surface area contributed by atoms with Gasteiger partial charge in [0.15, 0.2) is 5.78 Å². The molecule has 0 radical (unpaired) electrons. The minimum Gasteiger partial charge on any atom is -0.368 e. The summed E-state index contributed by atoms with van der Waals surface area (Å²) in [5, 5.41) is 0. The van der Waals surface area contributed by atoms with Gasteiger partial charge in [0.05, 0.1) is 0 Å². The van der Waals surface area contributed by atoms with Crippen LogP contribution in [-0.2, 0) is 9.53 Å². The number of hydrogen-bond acceptors (Lipinski definition) is 2. The molecule has 0 amide bonds. The Morgan fingerprint density at radius 1 is 1.50 bits per heavy atom. The maximum absolute atomic E-state index is 11.6. The number of carbonyl (C=O) groups is 1. The van der Waals surface area contributed by atoms with Crippen LogP contribution in [-0.4, -0.2) is 18.0 Å². The predicted octanol–water partition coefficient (Wildman–Crippen LogP) is 2.17. The van der Waals surface area contributed by atoms with Crippen molar-refractivity contribution in [3.63, 3.8) is 0 Å². The standard InChI is InChI=1S/C10H18O2/c1-4-9(11)10(3,12-5-2)8-6-7-8/h8H,4-7H2,1-3H3. The summed E-state index contributed by atoms with van der Waals surface area (Å²) in [7, 11) is 0. The van der Waals surface area contributed by atoms with Crippen molar-refractivity contribution in [2.45, 2.75) is 45.6 Å². The van der Waals surface area contributed by atoms with Crippen molar-refractivity contribution >= 4 is 5.78 Å². The fourth-order valence-electron chi connectivity index (χ4n) is 1.71. The van der Waals surface area contributed by atoms with Gasteiger partial charge in [0.25, 0.3) is 0 Å². The van der Waals surface area contributed by atoms with Crippen LogP contribution in [0.5, 0.6) is 0 Å². The summed E-state index contributed by atoms with van der Waals surface area (Å²) < 4.78 is 5.56. The average molecular weight is 170 g/mol. The topological polar surface area (TPSA) is 26.3 Å². The average Bonchev–Trinajstić information content (AvgIpc) is 2.85. The predicted molar refractivity (Wildman–Crippen MR) is 48.1 cm³/mol. The van der Waals surface area contributed by atoms with E-state index in [9.17, 15) is 4.79 Å². The van der Waals surface area contributed by atoms with Crippen molar-refractivity contribution in [3.8, 4) is 0 Å². The van der Waals surface area contributed by atoms with Crippen LogP contribution in [0.25, 0.3) is 0 Å². The van der Waals surface area contributed by atoms with Crippen LogP contribution >= 0.6 is 0 Å². The molecule has 1 unspecified atom stereocenters. The summed E-state index contributed by atoms with van der Waals surface area (Å²) in [6.07, 6.45) is 2.90. The Morgan fingerprint density at radius 2 is 2.08 bits per heavy atom. The summed E-state index contributed by atoms with van der Waals surface area (Å²) in [5.41, 5.74) is -0.469. The fourth-order valence-corrected chi connectivity index (χ4v) is 1.71. The number of rotatable bonds is 5. The summed E-state index contributed by atoms with van der Waals surface area (Å²) in [6, 6.07) is 0. The van der Waals surface area contributed by atoms with Gasteiger partial charge >= 0.3 is 0 Å². The number of ether oxygens (including phenoxy) is 1. The van der Waals surface area contributed by atoms with Crippen molar-refractivity contribution in [2.75, 3.05) is 6.61 Å². The molecule has 1 fully saturated rings. The van der Waals surface area contributed by atoms with E-state index in [4.69, 9.17) is 4.74 Å². The number of Topliss-reactive ketones (excluding diaryl/α,β-unsaturated/α-hetero) is 1. The van der Waals surface area contributed by atoms with Gasteiger partial charge in [-0.15, -0.1) is 0 Å². The zero-order valence-electron chi connectivity index (χ0n) is 8.22. The largest absolute Gasteiger partial charge is 0.368 e. The number of carbonyl (C=O) groups excluding carboxylic acids is 1. The molecule has 2 heteroatoms. The van der Waals surface area contributed by atoms with E-state index in [0.29, 0.717) is 18.9 Å². The van der Waals surface area contributed by atoms with Crippen LogP contribution in [0.3, 0.4) is 0 Å². The van der Waals surface area contributed by atoms with Gasteiger partial charge < -0.3 is 4.74 Å². The minimum absolute atomic E-state index is 0.256. The molecule has 0 N–H and O–H groups in total. The molecule has 1 rings (SSSR count). The molecule has 12 heavy (non-hydrogen) atoms. The SMILES string of the molecule is CCOC(C)(C(=O)CC)C1CC1. The lowest BCUT2D eigenvalue weighted by Gasteiger charge is -2.27. The third-order valence-electron chi connectivity index (χ3n) is 2.68. The quantitative estimate of drug-likeness (QED) is 0.632. The molecule has 0 aliphatic heterocycles. The lowest BCUT2D eigenvalue weighted by molar-refractivity contribution is -0.144. The lowest BCUT2D eigenvalue weighted by Crippen LogP contribution is -2.40. The van der Waals surface area contributed by atoms with Crippen molar-refractivity contribution < 1.29 is 9.53 Å². The molecule has 0 heterocycles. The van der Waals surface area contributed by atoms with E-state index in [1.807, 2.05) is 20.8 Å². The van der Waals surface area contributed by atoms with Gasteiger partial charge in [-0.2, -0.15) is 0 Å². The van der Waals surface area contributed by atoms with Crippen LogP contribution < -0.4 is 0 Å².